The fourth-order valence-electron chi connectivity index (χ4n) is 4.65. The molecule has 1 saturated heterocycles. The van der Waals surface area contributed by atoms with E-state index in [1.54, 1.807) is 28.0 Å². The van der Waals surface area contributed by atoms with Gasteiger partial charge in [0.2, 0.25) is 0 Å². The van der Waals surface area contributed by atoms with Gasteiger partial charge in [-0.2, -0.15) is 13.2 Å². The Morgan fingerprint density at radius 2 is 1.68 bits per heavy atom. The van der Waals surface area contributed by atoms with Crippen LogP contribution in [0.4, 0.5) is 24.5 Å². The van der Waals surface area contributed by atoms with Crippen molar-refractivity contribution >= 4 is 23.2 Å². The van der Waals surface area contributed by atoms with Crippen molar-refractivity contribution in [2.45, 2.75) is 19.6 Å². The summed E-state index contributed by atoms with van der Waals surface area (Å²) in [7, 11) is 0. The number of benzene rings is 3. The Kier molecular flexibility index (Phi) is 6.54. The number of carbonyl (C=O) groups is 2. The lowest BCUT2D eigenvalue weighted by molar-refractivity contribution is -0.137. The van der Waals surface area contributed by atoms with Crippen molar-refractivity contribution in [2.24, 2.45) is 0 Å². The molecule has 2 aliphatic heterocycles. The molecule has 0 aromatic heterocycles. The Morgan fingerprint density at radius 3 is 2.38 bits per heavy atom. The van der Waals surface area contributed by atoms with E-state index in [2.05, 4.69) is 0 Å². The average Bonchev–Trinajstić information content (AvgIpc) is 2.90. The number of amides is 2. The van der Waals surface area contributed by atoms with E-state index in [9.17, 15) is 22.8 Å². The molecule has 2 heterocycles. The van der Waals surface area contributed by atoms with Crippen LogP contribution in [0, 0.1) is 6.92 Å². The Morgan fingerprint density at radius 1 is 0.946 bits per heavy atom. The first-order valence-electron chi connectivity index (χ1n) is 12.0. The van der Waals surface area contributed by atoms with Crippen molar-refractivity contribution in [3.8, 4) is 5.75 Å². The molecule has 6 nitrogen and oxygen atoms in total. The Hall–Kier alpha value is -4.01. The van der Waals surface area contributed by atoms with Crippen molar-refractivity contribution in [3.05, 3.63) is 89.0 Å². The third-order valence-corrected chi connectivity index (χ3v) is 6.70. The second-order valence-corrected chi connectivity index (χ2v) is 9.26. The van der Waals surface area contributed by atoms with Crippen LogP contribution in [0.3, 0.4) is 0 Å². The first kappa shape index (κ1) is 24.7. The number of alkyl halides is 3. The van der Waals surface area contributed by atoms with E-state index in [4.69, 9.17) is 4.74 Å². The van der Waals surface area contributed by atoms with E-state index in [0.29, 0.717) is 49.7 Å². The SMILES string of the molecule is Cc1ccc2c(c1)N(Cc1ccc(C(=O)N3CCN(c4cccc(C(F)(F)F)c4)CC3)cc1)C(=O)CO2. The average molecular weight is 510 g/mol. The molecule has 9 heteroatoms. The zero-order chi connectivity index (χ0) is 26.2. The molecule has 1 fully saturated rings. The van der Waals surface area contributed by atoms with Gasteiger partial charge in [-0.15, -0.1) is 0 Å². The second kappa shape index (κ2) is 9.80. The highest BCUT2D eigenvalue weighted by atomic mass is 19.4. The van der Waals surface area contributed by atoms with Gasteiger partial charge in [-0.1, -0.05) is 24.3 Å². The number of ether oxygens (including phenoxy) is 1. The molecule has 37 heavy (non-hydrogen) atoms. The van der Waals surface area contributed by atoms with Gasteiger partial charge in [0, 0.05) is 37.4 Å². The van der Waals surface area contributed by atoms with Gasteiger partial charge in [-0.3, -0.25) is 9.59 Å². The minimum Gasteiger partial charge on any atom is -0.482 e. The summed E-state index contributed by atoms with van der Waals surface area (Å²) in [6, 6.07) is 18.2. The zero-order valence-electron chi connectivity index (χ0n) is 20.3. The molecule has 5 rings (SSSR count). The molecular weight excluding hydrogens is 483 g/mol. The van der Waals surface area contributed by atoms with Crippen LogP contribution >= 0.6 is 0 Å². The summed E-state index contributed by atoms with van der Waals surface area (Å²) in [5.41, 5.74) is 2.99. The summed E-state index contributed by atoms with van der Waals surface area (Å²) in [5.74, 6) is 0.414. The molecule has 0 aliphatic carbocycles. The first-order chi connectivity index (χ1) is 17.7. The molecule has 0 N–H and O–H groups in total. The van der Waals surface area contributed by atoms with Crippen LogP contribution < -0.4 is 14.5 Å². The topological polar surface area (TPSA) is 53.1 Å². The zero-order valence-corrected chi connectivity index (χ0v) is 20.3. The fraction of sp³-hybridized carbons (Fsp3) is 0.286. The van der Waals surface area contributed by atoms with Crippen LogP contribution in [0.2, 0.25) is 0 Å². The first-order valence-corrected chi connectivity index (χ1v) is 12.0. The standard InChI is InChI=1S/C28H26F3N3O3/c1-19-5-10-25-24(15-19)34(26(35)18-37-25)17-20-6-8-21(9-7-20)27(36)33-13-11-32(12-14-33)23-4-2-3-22(16-23)28(29,30)31/h2-10,15-16H,11-14,17-18H2,1H3. The summed E-state index contributed by atoms with van der Waals surface area (Å²) in [6.45, 7) is 4.02. The van der Waals surface area contributed by atoms with Gasteiger partial charge in [0.25, 0.3) is 11.8 Å². The second-order valence-electron chi connectivity index (χ2n) is 9.26. The number of hydrogen-bond donors (Lipinski definition) is 0. The van der Waals surface area contributed by atoms with Crippen LogP contribution in [0.15, 0.2) is 66.7 Å². The predicted molar refractivity (Wildman–Crippen MR) is 134 cm³/mol. The molecule has 0 saturated carbocycles. The molecule has 3 aromatic carbocycles. The van der Waals surface area contributed by atoms with E-state index < -0.39 is 11.7 Å². The number of carbonyl (C=O) groups excluding carboxylic acids is 2. The summed E-state index contributed by atoms with van der Waals surface area (Å²) >= 11 is 0. The van der Waals surface area contributed by atoms with Gasteiger partial charge < -0.3 is 19.4 Å². The lowest BCUT2D eigenvalue weighted by atomic mass is 10.1. The van der Waals surface area contributed by atoms with Crippen LogP contribution in [-0.4, -0.2) is 49.5 Å². The lowest BCUT2D eigenvalue weighted by Gasteiger charge is -2.36. The monoisotopic (exact) mass is 509 g/mol. The highest BCUT2D eigenvalue weighted by Crippen LogP contribution is 2.34. The Bertz CT molecular complexity index is 1320. The number of piperazine rings is 1. The van der Waals surface area contributed by atoms with Gasteiger partial charge in [0.05, 0.1) is 17.8 Å². The molecular formula is C28H26F3N3O3. The highest BCUT2D eigenvalue weighted by Gasteiger charge is 2.31. The van der Waals surface area contributed by atoms with Gasteiger partial charge >= 0.3 is 6.18 Å². The number of fused-ring (bicyclic) bond motifs is 1. The lowest BCUT2D eigenvalue weighted by Crippen LogP contribution is -2.48. The Labute approximate surface area is 212 Å². The molecule has 2 amide bonds. The maximum atomic E-state index is 13.1. The largest absolute Gasteiger partial charge is 0.482 e. The molecule has 192 valence electrons. The van der Waals surface area contributed by atoms with E-state index in [1.807, 2.05) is 42.2 Å². The van der Waals surface area contributed by atoms with Crippen molar-refractivity contribution in [3.63, 3.8) is 0 Å². The van der Waals surface area contributed by atoms with Gasteiger partial charge in [-0.05, 0) is 60.5 Å². The minimum atomic E-state index is -4.39. The van der Waals surface area contributed by atoms with E-state index in [1.165, 1.54) is 6.07 Å². The van der Waals surface area contributed by atoms with Crippen molar-refractivity contribution in [2.75, 3.05) is 42.6 Å². The van der Waals surface area contributed by atoms with Crippen molar-refractivity contribution in [1.82, 2.24) is 4.90 Å². The highest BCUT2D eigenvalue weighted by molar-refractivity contribution is 5.98. The minimum absolute atomic E-state index is 0.0148. The number of aryl methyl sites for hydroxylation is 1. The van der Waals surface area contributed by atoms with E-state index >= 15 is 0 Å². The quantitative estimate of drug-likeness (QED) is 0.502. The third-order valence-electron chi connectivity index (χ3n) is 6.70. The smallest absolute Gasteiger partial charge is 0.416 e. The van der Waals surface area contributed by atoms with E-state index in [0.717, 1.165) is 28.9 Å². The van der Waals surface area contributed by atoms with Crippen LogP contribution in [0.25, 0.3) is 0 Å². The van der Waals surface area contributed by atoms with Crippen LogP contribution in [0.5, 0.6) is 5.75 Å². The maximum absolute atomic E-state index is 13.1. The van der Waals surface area contributed by atoms with Crippen molar-refractivity contribution < 1.29 is 27.5 Å². The summed E-state index contributed by atoms with van der Waals surface area (Å²) in [4.78, 5) is 30.9. The number of halogens is 3. The molecule has 2 aliphatic rings. The van der Waals surface area contributed by atoms with Crippen LogP contribution in [0.1, 0.15) is 27.0 Å². The molecule has 0 atom stereocenters. The summed E-state index contributed by atoms with van der Waals surface area (Å²) in [5, 5.41) is 0. The third kappa shape index (κ3) is 5.26. The molecule has 0 bridgehead atoms. The number of rotatable bonds is 4. The molecule has 0 radical (unpaired) electrons. The van der Waals surface area contributed by atoms with Gasteiger partial charge in [0.1, 0.15) is 5.75 Å². The molecule has 3 aromatic rings. The molecule has 0 spiro atoms. The normalized spacial score (nSPS) is 15.9. The fourth-order valence-corrected chi connectivity index (χ4v) is 4.65. The summed E-state index contributed by atoms with van der Waals surface area (Å²) in [6.07, 6.45) is -4.39. The maximum Gasteiger partial charge on any atom is 0.416 e. The Balaban J connectivity index is 1.22. The van der Waals surface area contributed by atoms with E-state index in [-0.39, 0.29) is 18.4 Å². The predicted octanol–water partition coefficient (Wildman–Crippen LogP) is 4.90. The molecule has 0 unspecified atom stereocenters. The van der Waals surface area contributed by atoms with Gasteiger partial charge in [-0.25, -0.2) is 0 Å². The van der Waals surface area contributed by atoms with Crippen LogP contribution in [-0.2, 0) is 17.5 Å². The number of nitrogens with zero attached hydrogens (tertiary/aromatic N) is 3. The van der Waals surface area contributed by atoms with Crippen molar-refractivity contribution in [1.29, 1.82) is 0 Å². The summed E-state index contributed by atoms with van der Waals surface area (Å²) < 4.78 is 44.7. The van der Waals surface area contributed by atoms with Gasteiger partial charge in [0.15, 0.2) is 6.61 Å². The number of hydrogen-bond acceptors (Lipinski definition) is 4. The number of anilines is 2.